The highest BCUT2D eigenvalue weighted by atomic mass is 32.1. The minimum Gasteiger partial charge on any atom is -0.395 e. The first kappa shape index (κ1) is 23.1. The summed E-state index contributed by atoms with van der Waals surface area (Å²) in [5.74, 6) is -0.135. The van der Waals surface area contributed by atoms with Gasteiger partial charge in [-0.05, 0) is 36.6 Å². The molecular weight excluding hydrogens is 398 g/mol. The van der Waals surface area contributed by atoms with Crippen LogP contribution in [0.3, 0.4) is 0 Å². The fourth-order valence-corrected chi connectivity index (χ4v) is 3.48. The molecule has 0 aliphatic carbocycles. The molecular formula is C19H27N3O6S. The first-order chi connectivity index (χ1) is 13.7. The molecule has 4 rings (SSSR count). The topological polar surface area (TPSA) is 122 Å². The number of nitrogens with one attached hydrogen (secondary N) is 1. The lowest BCUT2D eigenvalue weighted by molar-refractivity contribution is -0.574. The molecule has 3 heterocycles. The summed E-state index contributed by atoms with van der Waals surface area (Å²) in [6.45, 7) is 6.08. The third-order valence-corrected chi connectivity index (χ3v) is 4.91. The van der Waals surface area contributed by atoms with Gasteiger partial charge in [0, 0.05) is 24.9 Å². The Morgan fingerprint density at radius 2 is 2.07 bits per heavy atom. The van der Waals surface area contributed by atoms with Crippen LogP contribution in [-0.2, 0) is 9.53 Å². The molecule has 10 heteroatoms. The van der Waals surface area contributed by atoms with Crippen LogP contribution in [0.5, 0.6) is 0 Å². The molecule has 0 spiro atoms. The molecule has 1 aromatic carbocycles. The van der Waals surface area contributed by atoms with E-state index in [2.05, 4.69) is 36.5 Å². The van der Waals surface area contributed by atoms with Gasteiger partial charge in [-0.2, -0.15) is 12.6 Å². The van der Waals surface area contributed by atoms with E-state index in [9.17, 15) is 19.7 Å². The average molecular weight is 426 g/mol. The molecule has 1 saturated heterocycles. The van der Waals surface area contributed by atoms with Crippen LogP contribution in [0.15, 0.2) is 24.3 Å². The van der Waals surface area contributed by atoms with E-state index >= 15 is 0 Å². The van der Waals surface area contributed by atoms with Gasteiger partial charge in [-0.3, -0.25) is 14.9 Å². The van der Waals surface area contributed by atoms with Crippen molar-refractivity contribution in [1.29, 1.82) is 0 Å². The molecule has 1 fully saturated rings. The van der Waals surface area contributed by atoms with Crippen molar-refractivity contribution in [3.63, 3.8) is 0 Å². The van der Waals surface area contributed by atoms with E-state index in [-0.39, 0.29) is 23.8 Å². The molecule has 2 N–H and O–H groups in total. The molecule has 29 heavy (non-hydrogen) atoms. The number of nitro groups is 1. The van der Waals surface area contributed by atoms with Crippen LogP contribution >= 0.6 is 12.6 Å². The van der Waals surface area contributed by atoms with E-state index in [0.717, 1.165) is 13.0 Å². The van der Waals surface area contributed by atoms with E-state index in [1.165, 1.54) is 24.3 Å². The highest BCUT2D eigenvalue weighted by molar-refractivity contribution is 7.81. The van der Waals surface area contributed by atoms with Crippen molar-refractivity contribution in [2.45, 2.75) is 37.8 Å². The number of carbonyl (C=O) groups excluding carboxylic acids is 2. The monoisotopic (exact) mass is 425 g/mol. The van der Waals surface area contributed by atoms with Gasteiger partial charge in [0.2, 0.25) is 5.91 Å². The molecule has 1 aromatic rings. The number of aliphatic hydroxyl groups is 1. The van der Waals surface area contributed by atoms with Crippen LogP contribution in [0.1, 0.15) is 42.4 Å². The van der Waals surface area contributed by atoms with E-state index < -0.39 is 17.1 Å². The summed E-state index contributed by atoms with van der Waals surface area (Å²) in [6, 6.07) is 5.96. The quantitative estimate of drug-likeness (QED) is 0.271. The predicted molar refractivity (Wildman–Crippen MR) is 109 cm³/mol. The second-order valence-corrected chi connectivity index (χ2v) is 8.15. The van der Waals surface area contributed by atoms with Crippen LogP contribution in [0.4, 0.5) is 0 Å². The number of aliphatic hydroxyl groups excluding tert-OH is 1. The van der Waals surface area contributed by atoms with E-state index in [1.807, 2.05) is 0 Å². The van der Waals surface area contributed by atoms with E-state index in [0.29, 0.717) is 30.1 Å². The Hall–Kier alpha value is -2.17. The standard InChI is InChI=1S/C11H22N2O2S.C8H5NO4/c1-8(2)7-13(3-4-14)11(15)10-5-9(16)6-12-10;10-8-6-3-1-5(2-4-6)7(13-8)9(11)12/h8-10,12,14,16H,3-7H2,1-2H3;1-4,7H. The molecule has 3 atom stereocenters. The smallest absolute Gasteiger partial charge is 0.383 e. The van der Waals surface area contributed by atoms with Crippen LogP contribution in [0.25, 0.3) is 0 Å². The van der Waals surface area contributed by atoms with Crippen molar-refractivity contribution in [1.82, 2.24) is 10.2 Å². The van der Waals surface area contributed by atoms with E-state index in [4.69, 9.17) is 5.11 Å². The summed E-state index contributed by atoms with van der Waals surface area (Å²) in [6.07, 6.45) is -0.581. The zero-order valence-corrected chi connectivity index (χ0v) is 17.4. The Balaban J connectivity index is 0.000000211. The number of nitrogens with zero attached hydrogens (tertiary/aromatic N) is 2. The van der Waals surface area contributed by atoms with Gasteiger partial charge < -0.3 is 20.1 Å². The number of hydrogen-bond acceptors (Lipinski definition) is 8. The molecule has 9 nitrogen and oxygen atoms in total. The van der Waals surface area contributed by atoms with Gasteiger partial charge in [0.25, 0.3) is 0 Å². The number of benzene rings is 1. The average Bonchev–Trinajstić information content (AvgIpc) is 2.97. The minimum absolute atomic E-state index is 0.0233. The maximum absolute atomic E-state index is 12.1. The summed E-state index contributed by atoms with van der Waals surface area (Å²) in [4.78, 5) is 34.8. The molecule has 0 saturated carbocycles. The minimum atomic E-state index is -1.36. The summed E-state index contributed by atoms with van der Waals surface area (Å²) < 4.78 is 4.62. The van der Waals surface area contributed by atoms with Crippen molar-refractivity contribution < 1.29 is 24.4 Å². The highest BCUT2D eigenvalue weighted by Gasteiger charge is 2.31. The number of rotatable bonds is 6. The molecule has 3 aliphatic heterocycles. The number of thiol groups is 1. The van der Waals surface area contributed by atoms with Crippen molar-refractivity contribution in [3.8, 4) is 0 Å². The van der Waals surface area contributed by atoms with Crippen molar-refractivity contribution in [2.75, 3.05) is 26.2 Å². The highest BCUT2D eigenvalue weighted by Crippen LogP contribution is 2.24. The van der Waals surface area contributed by atoms with Gasteiger partial charge in [-0.25, -0.2) is 4.79 Å². The lowest BCUT2D eigenvalue weighted by Crippen LogP contribution is -2.46. The Morgan fingerprint density at radius 1 is 1.41 bits per heavy atom. The van der Waals surface area contributed by atoms with Gasteiger partial charge in [-0.1, -0.05) is 13.8 Å². The molecule has 2 bridgehead atoms. The van der Waals surface area contributed by atoms with Crippen molar-refractivity contribution in [2.24, 2.45) is 5.92 Å². The van der Waals surface area contributed by atoms with Crippen LogP contribution < -0.4 is 5.32 Å². The number of hydrogen-bond donors (Lipinski definition) is 3. The Labute approximate surface area is 175 Å². The van der Waals surface area contributed by atoms with Gasteiger partial charge in [0.1, 0.15) is 0 Å². The molecule has 0 aromatic heterocycles. The molecule has 1 amide bonds. The molecule has 160 valence electrons. The molecule has 3 aliphatic rings. The lowest BCUT2D eigenvalue weighted by Gasteiger charge is -2.26. The number of esters is 1. The Morgan fingerprint density at radius 3 is 2.55 bits per heavy atom. The number of carbonyl (C=O) groups is 2. The predicted octanol–water partition coefficient (Wildman–Crippen LogP) is 1.26. The van der Waals surface area contributed by atoms with Gasteiger partial charge >= 0.3 is 12.2 Å². The summed E-state index contributed by atoms with van der Waals surface area (Å²) >= 11 is 4.35. The third kappa shape index (κ3) is 6.41. The van der Waals surface area contributed by atoms with Crippen LogP contribution in [0.2, 0.25) is 0 Å². The molecule has 0 radical (unpaired) electrons. The van der Waals surface area contributed by atoms with Gasteiger partial charge in [-0.15, -0.1) is 0 Å². The van der Waals surface area contributed by atoms with Gasteiger partial charge in [0.05, 0.1) is 28.7 Å². The first-order valence-corrected chi connectivity index (χ1v) is 10.00. The van der Waals surface area contributed by atoms with Crippen molar-refractivity contribution in [3.05, 3.63) is 45.5 Å². The Bertz CT molecular complexity index is 727. The SMILES string of the molecule is CC(C)CN(CCO)C(=O)C1CC(S)CN1.O=C1OC([N+](=O)[O-])c2ccc1cc2. The maximum atomic E-state index is 12.1. The summed E-state index contributed by atoms with van der Waals surface area (Å²) in [5, 5.41) is 22.9. The van der Waals surface area contributed by atoms with Crippen LogP contribution in [-0.4, -0.2) is 64.3 Å². The number of ether oxygens (including phenoxy) is 1. The summed E-state index contributed by atoms with van der Waals surface area (Å²) in [5.41, 5.74) is 0.729. The summed E-state index contributed by atoms with van der Waals surface area (Å²) in [7, 11) is 0. The number of amides is 1. The fraction of sp³-hybridized carbons (Fsp3) is 0.579. The van der Waals surface area contributed by atoms with Crippen molar-refractivity contribution >= 4 is 24.5 Å². The van der Waals surface area contributed by atoms with Gasteiger partial charge in [0.15, 0.2) is 0 Å². The van der Waals surface area contributed by atoms with E-state index in [1.54, 1.807) is 4.90 Å². The Kier molecular flexibility index (Phi) is 8.42. The number of fused-ring (bicyclic) bond motifs is 4. The zero-order valence-electron chi connectivity index (χ0n) is 16.5. The third-order valence-electron chi connectivity index (χ3n) is 4.51. The fourth-order valence-electron chi connectivity index (χ4n) is 3.16. The van der Waals surface area contributed by atoms with Crippen LogP contribution in [0, 0.1) is 16.0 Å². The first-order valence-electron chi connectivity index (χ1n) is 9.48. The molecule has 3 unspecified atom stereocenters. The second kappa shape index (κ2) is 10.6. The normalized spacial score (nSPS) is 22.5. The lowest BCUT2D eigenvalue weighted by atomic mass is 10.1. The second-order valence-electron chi connectivity index (χ2n) is 7.42. The largest absolute Gasteiger partial charge is 0.395 e. The maximum Gasteiger partial charge on any atom is 0.383 e. The zero-order chi connectivity index (χ0) is 21.6.